The van der Waals surface area contributed by atoms with Crippen LogP contribution in [-0.2, 0) is 4.79 Å². The molecule has 0 radical (unpaired) electrons. The molecule has 1 N–H and O–H groups in total. The Balaban J connectivity index is 2.03. The monoisotopic (exact) mass is 294 g/mol. The molecule has 2 aromatic rings. The molecule has 3 heteroatoms. The number of hydrogen-bond acceptors (Lipinski definition) is 3. The number of allylic oxidation sites excluding steroid dienone is 2. The number of aryl methyl sites for hydroxylation is 1. The number of aromatic hydroxyl groups is 1. The van der Waals surface area contributed by atoms with Crippen LogP contribution in [0.3, 0.4) is 0 Å². The van der Waals surface area contributed by atoms with Crippen LogP contribution in [0.2, 0.25) is 0 Å². The molecule has 0 saturated heterocycles. The van der Waals surface area contributed by atoms with Crippen LogP contribution in [0.5, 0.6) is 11.5 Å². The fourth-order valence-electron chi connectivity index (χ4n) is 1.89. The maximum absolute atomic E-state index is 11.8. The molecule has 0 amide bonds. The maximum atomic E-state index is 11.8. The summed E-state index contributed by atoms with van der Waals surface area (Å²) >= 11 is 0. The van der Waals surface area contributed by atoms with E-state index in [1.165, 1.54) is 30.9 Å². The van der Waals surface area contributed by atoms with Gasteiger partial charge in [-0.3, -0.25) is 4.79 Å². The molecule has 3 nitrogen and oxygen atoms in total. The van der Waals surface area contributed by atoms with Crippen molar-refractivity contribution in [3.63, 3.8) is 0 Å². The van der Waals surface area contributed by atoms with Crippen LogP contribution >= 0.6 is 0 Å². The van der Waals surface area contributed by atoms with Crippen LogP contribution in [0.1, 0.15) is 16.7 Å². The Kier molecular flexibility index (Phi) is 5.15. The molecule has 112 valence electrons. The lowest BCUT2D eigenvalue weighted by atomic mass is 10.1. The summed E-state index contributed by atoms with van der Waals surface area (Å²) < 4.78 is 5.02. The van der Waals surface area contributed by atoms with Gasteiger partial charge in [0.25, 0.3) is 0 Å². The van der Waals surface area contributed by atoms with E-state index in [0.29, 0.717) is 5.75 Å². The first-order valence-corrected chi connectivity index (χ1v) is 6.92. The van der Waals surface area contributed by atoms with E-state index in [0.717, 1.165) is 11.1 Å². The first-order chi connectivity index (χ1) is 10.6. The number of carbonyl (C=O) groups is 1. The smallest absolute Gasteiger partial charge is 0.178 e. The Labute approximate surface area is 130 Å². The molecule has 0 aliphatic rings. The van der Waals surface area contributed by atoms with E-state index in [2.05, 4.69) is 0 Å². The molecule has 0 fully saturated rings. The van der Waals surface area contributed by atoms with Gasteiger partial charge in [-0.25, -0.2) is 0 Å². The maximum Gasteiger partial charge on any atom is 0.178 e. The number of rotatable bonds is 5. The van der Waals surface area contributed by atoms with Crippen molar-refractivity contribution in [3.05, 3.63) is 71.3 Å². The van der Waals surface area contributed by atoms with Gasteiger partial charge in [-0.15, -0.1) is 0 Å². The number of methoxy groups -OCH3 is 1. The highest BCUT2D eigenvalue weighted by molar-refractivity contribution is 6.04. The van der Waals surface area contributed by atoms with Crippen LogP contribution in [0, 0.1) is 6.92 Å². The molecular weight excluding hydrogens is 276 g/mol. The summed E-state index contributed by atoms with van der Waals surface area (Å²) in [6.07, 6.45) is 6.47. The van der Waals surface area contributed by atoms with Crippen molar-refractivity contribution in [2.45, 2.75) is 6.92 Å². The number of phenolic OH excluding ortho intramolecular Hbond substituents is 1. The number of phenols is 1. The number of hydrogen-bond donors (Lipinski definition) is 1. The van der Waals surface area contributed by atoms with Crippen LogP contribution in [0.15, 0.2) is 54.6 Å². The van der Waals surface area contributed by atoms with E-state index in [4.69, 9.17) is 4.74 Å². The van der Waals surface area contributed by atoms with Crippen molar-refractivity contribution >= 4 is 17.9 Å². The molecule has 0 spiro atoms. The average molecular weight is 294 g/mol. The fraction of sp³-hybridized carbons (Fsp3) is 0.105. The van der Waals surface area contributed by atoms with E-state index in [-0.39, 0.29) is 11.5 Å². The third kappa shape index (κ3) is 4.35. The van der Waals surface area contributed by atoms with Gasteiger partial charge < -0.3 is 9.84 Å². The quantitative estimate of drug-likeness (QED) is 0.848. The summed E-state index contributed by atoms with van der Waals surface area (Å²) in [7, 11) is 1.48. The zero-order valence-electron chi connectivity index (χ0n) is 12.6. The van der Waals surface area contributed by atoms with Crippen LogP contribution < -0.4 is 4.74 Å². The first-order valence-electron chi connectivity index (χ1n) is 6.92. The lowest BCUT2D eigenvalue weighted by Gasteiger charge is -2.03. The molecule has 0 atom stereocenters. The number of carbonyl (C=O) groups excluding carboxylic acids is 1. The van der Waals surface area contributed by atoms with E-state index >= 15 is 0 Å². The summed E-state index contributed by atoms with van der Waals surface area (Å²) in [6, 6.07) is 12.9. The topological polar surface area (TPSA) is 46.5 Å². The highest BCUT2D eigenvalue weighted by atomic mass is 16.5. The van der Waals surface area contributed by atoms with E-state index in [1.54, 1.807) is 24.3 Å². The molecule has 22 heavy (non-hydrogen) atoms. The predicted octanol–water partition coefficient (Wildman–Crippen LogP) is 4.00. The second-order valence-electron chi connectivity index (χ2n) is 4.91. The summed E-state index contributed by atoms with van der Waals surface area (Å²) in [4.78, 5) is 11.8. The van der Waals surface area contributed by atoms with Crippen molar-refractivity contribution in [2.24, 2.45) is 0 Å². The van der Waals surface area contributed by atoms with E-state index in [1.807, 2.05) is 31.2 Å². The molecule has 0 bridgehead atoms. The highest BCUT2D eigenvalue weighted by Crippen LogP contribution is 2.26. The third-order valence-corrected chi connectivity index (χ3v) is 3.16. The van der Waals surface area contributed by atoms with Crippen molar-refractivity contribution < 1.29 is 14.6 Å². The molecule has 2 rings (SSSR count). The highest BCUT2D eigenvalue weighted by Gasteiger charge is 2.00. The molecule has 0 saturated carbocycles. The largest absolute Gasteiger partial charge is 0.504 e. The Morgan fingerprint density at radius 2 is 1.59 bits per heavy atom. The lowest BCUT2D eigenvalue weighted by Crippen LogP contribution is -1.87. The fourth-order valence-corrected chi connectivity index (χ4v) is 1.89. The summed E-state index contributed by atoms with van der Waals surface area (Å²) in [5.74, 6) is 0.350. The lowest BCUT2D eigenvalue weighted by molar-refractivity contribution is -0.110. The third-order valence-electron chi connectivity index (χ3n) is 3.16. The normalized spacial score (nSPS) is 11.2. The molecule has 0 unspecified atom stereocenters. The van der Waals surface area contributed by atoms with Gasteiger partial charge in [-0.1, -0.05) is 48.0 Å². The molecule has 2 aromatic carbocycles. The Bertz CT molecular complexity index is 710. The number of benzene rings is 2. The van der Waals surface area contributed by atoms with Gasteiger partial charge in [0.05, 0.1) is 7.11 Å². The minimum Gasteiger partial charge on any atom is -0.504 e. The zero-order chi connectivity index (χ0) is 15.9. The number of ketones is 1. The molecule has 0 aromatic heterocycles. The molecule has 0 aliphatic heterocycles. The van der Waals surface area contributed by atoms with Crippen LogP contribution in [0.4, 0.5) is 0 Å². The van der Waals surface area contributed by atoms with E-state index in [9.17, 15) is 9.90 Å². The first kappa shape index (κ1) is 15.6. The minimum absolute atomic E-state index is 0.0743. The van der Waals surface area contributed by atoms with Gasteiger partial charge >= 0.3 is 0 Å². The van der Waals surface area contributed by atoms with Gasteiger partial charge in [0.1, 0.15) is 0 Å². The number of ether oxygens (including phenoxy) is 1. The zero-order valence-corrected chi connectivity index (χ0v) is 12.6. The second-order valence-corrected chi connectivity index (χ2v) is 4.91. The van der Waals surface area contributed by atoms with Gasteiger partial charge in [0, 0.05) is 0 Å². The van der Waals surface area contributed by atoms with Crippen LogP contribution in [-0.4, -0.2) is 18.0 Å². The second kappa shape index (κ2) is 7.27. The summed E-state index contributed by atoms with van der Waals surface area (Å²) in [5.41, 5.74) is 2.95. The van der Waals surface area contributed by atoms with Gasteiger partial charge in [-0.2, -0.15) is 0 Å². The Morgan fingerprint density at radius 1 is 1.00 bits per heavy atom. The summed E-state index contributed by atoms with van der Waals surface area (Å²) in [6.45, 7) is 2.02. The van der Waals surface area contributed by atoms with Gasteiger partial charge in [-0.05, 0) is 42.3 Å². The minimum atomic E-state index is -0.104. The van der Waals surface area contributed by atoms with Crippen molar-refractivity contribution in [1.29, 1.82) is 0 Å². The SMILES string of the molecule is COc1cc(C=CC(=O)C=Cc2ccc(C)cc2)ccc1O. The average Bonchev–Trinajstić information content (AvgIpc) is 2.53. The van der Waals surface area contributed by atoms with E-state index < -0.39 is 0 Å². The van der Waals surface area contributed by atoms with Crippen LogP contribution in [0.25, 0.3) is 12.2 Å². The Morgan fingerprint density at radius 3 is 2.23 bits per heavy atom. The summed E-state index contributed by atoms with van der Waals surface area (Å²) in [5, 5.41) is 9.51. The van der Waals surface area contributed by atoms with Crippen molar-refractivity contribution in [1.82, 2.24) is 0 Å². The van der Waals surface area contributed by atoms with Gasteiger partial charge in [0.2, 0.25) is 0 Å². The predicted molar refractivity (Wildman–Crippen MR) is 88.9 cm³/mol. The molecular formula is C19H18O3. The standard InChI is InChI=1S/C19H18O3/c1-14-3-5-15(6-4-14)7-10-17(20)11-8-16-9-12-18(21)19(13-16)22-2/h3-13,21H,1-2H3. The molecule has 0 aliphatic carbocycles. The van der Waals surface area contributed by atoms with Gasteiger partial charge in [0.15, 0.2) is 17.3 Å². The van der Waals surface area contributed by atoms with Crippen molar-refractivity contribution in [2.75, 3.05) is 7.11 Å². The molecule has 0 heterocycles. The van der Waals surface area contributed by atoms with Crippen molar-refractivity contribution in [3.8, 4) is 11.5 Å². The Hall–Kier alpha value is -2.81.